The predicted octanol–water partition coefficient (Wildman–Crippen LogP) is 0.513. The Balaban J connectivity index is 2.50. The molecule has 1 heterocycles. The summed E-state index contributed by atoms with van der Waals surface area (Å²) in [6.45, 7) is 4.51. The highest BCUT2D eigenvalue weighted by Crippen LogP contribution is 2.03. The van der Waals surface area contributed by atoms with Crippen LogP contribution >= 0.6 is 0 Å². The van der Waals surface area contributed by atoms with Gasteiger partial charge in [-0.3, -0.25) is 0 Å². The van der Waals surface area contributed by atoms with E-state index in [4.69, 9.17) is 4.74 Å². The van der Waals surface area contributed by atoms with Crippen LogP contribution in [0, 0.1) is 13.8 Å². The summed E-state index contributed by atoms with van der Waals surface area (Å²) in [6.07, 6.45) is -0.542. The standard InChI is InChI=1S/C10H17N3O2/c1-7-4-8(2)13-10(12-7)11-5-9(14)6-15-3/h4,9,14H,5-6H2,1-3H3,(H,11,12,13). The first kappa shape index (κ1) is 11.9. The molecule has 1 atom stereocenters. The van der Waals surface area contributed by atoms with Crippen LogP contribution < -0.4 is 5.32 Å². The Morgan fingerprint density at radius 3 is 2.53 bits per heavy atom. The molecule has 0 bridgehead atoms. The minimum atomic E-state index is -0.542. The van der Waals surface area contributed by atoms with Crippen LogP contribution in [0.2, 0.25) is 0 Å². The zero-order valence-corrected chi connectivity index (χ0v) is 9.32. The molecule has 0 spiro atoms. The third-order valence-corrected chi connectivity index (χ3v) is 1.84. The summed E-state index contributed by atoms with van der Waals surface area (Å²) in [7, 11) is 1.55. The van der Waals surface area contributed by atoms with E-state index in [1.165, 1.54) is 0 Å². The number of ether oxygens (including phenoxy) is 1. The largest absolute Gasteiger partial charge is 0.389 e. The Bertz CT molecular complexity index is 297. The van der Waals surface area contributed by atoms with Gasteiger partial charge < -0.3 is 15.2 Å². The Morgan fingerprint density at radius 1 is 1.40 bits per heavy atom. The highest BCUT2D eigenvalue weighted by molar-refractivity contribution is 5.27. The molecule has 1 unspecified atom stereocenters. The van der Waals surface area contributed by atoms with Crippen molar-refractivity contribution in [3.8, 4) is 0 Å². The Labute approximate surface area is 89.5 Å². The number of aliphatic hydroxyl groups excluding tert-OH is 1. The summed E-state index contributed by atoms with van der Waals surface area (Å²) in [5.41, 5.74) is 1.82. The van der Waals surface area contributed by atoms with E-state index >= 15 is 0 Å². The van der Waals surface area contributed by atoms with Crippen molar-refractivity contribution in [2.75, 3.05) is 25.6 Å². The van der Waals surface area contributed by atoms with Crippen molar-refractivity contribution < 1.29 is 9.84 Å². The van der Waals surface area contributed by atoms with Crippen LogP contribution in [0.4, 0.5) is 5.95 Å². The maximum absolute atomic E-state index is 9.41. The minimum Gasteiger partial charge on any atom is -0.389 e. The second-order valence-electron chi connectivity index (χ2n) is 3.46. The van der Waals surface area contributed by atoms with Gasteiger partial charge in [0.1, 0.15) is 0 Å². The average Bonchev–Trinajstić information content (AvgIpc) is 2.14. The van der Waals surface area contributed by atoms with Crippen LogP contribution in [0.3, 0.4) is 0 Å². The summed E-state index contributed by atoms with van der Waals surface area (Å²) in [6, 6.07) is 1.90. The van der Waals surface area contributed by atoms with Crippen LogP contribution in [-0.2, 0) is 4.74 Å². The second kappa shape index (κ2) is 5.63. The number of anilines is 1. The van der Waals surface area contributed by atoms with Crippen molar-refractivity contribution in [3.05, 3.63) is 17.5 Å². The number of aromatic nitrogens is 2. The number of hydrogen-bond donors (Lipinski definition) is 2. The number of rotatable bonds is 5. The zero-order chi connectivity index (χ0) is 11.3. The summed E-state index contributed by atoms with van der Waals surface area (Å²) < 4.78 is 4.81. The van der Waals surface area contributed by atoms with Crippen molar-refractivity contribution in [2.45, 2.75) is 20.0 Å². The molecule has 1 aromatic rings. The topological polar surface area (TPSA) is 67.3 Å². The fourth-order valence-electron chi connectivity index (χ4n) is 1.27. The van der Waals surface area contributed by atoms with Crippen LogP contribution in [0.5, 0.6) is 0 Å². The summed E-state index contributed by atoms with van der Waals surface area (Å²) in [5, 5.41) is 12.4. The Kier molecular flexibility index (Phi) is 4.45. The molecule has 1 aromatic heterocycles. The summed E-state index contributed by atoms with van der Waals surface area (Å²) in [4.78, 5) is 8.38. The van der Waals surface area contributed by atoms with E-state index in [0.717, 1.165) is 11.4 Å². The monoisotopic (exact) mass is 211 g/mol. The number of nitrogens with zero attached hydrogens (tertiary/aromatic N) is 2. The molecule has 2 N–H and O–H groups in total. The second-order valence-corrected chi connectivity index (χ2v) is 3.46. The van der Waals surface area contributed by atoms with Crippen molar-refractivity contribution in [1.29, 1.82) is 0 Å². The Hall–Kier alpha value is -1.20. The lowest BCUT2D eigenvalue weighted by molar-refractivity contribution is 0.0726. The first-order valence-electron chi connectivity index (χ1n) is 4.85. The first-order chi connectivity index (χ1) is 7.11. The van der Waals surface area contributed by atoms with E-state index in [1.54, 1.807) is 7.11 Å². The molecule has 0 saturated heterocycles. The van der Waals surface area contributed by atoms with E-state index in [-0.39, 0.29) is 0 Å². The van der Waals surface area contributed by atoms with Gasteiger partial charge in [-0.15, -0.1) is 0 Å². The molecule has 0 aliphatic heterocycles. The molecule has 15 heavy (non-hydrogen) atoms. The lowest BCUT2D eigenvalue weighted by Gasteiger charge is -2.11. The molecule has 0 fully saturated rings. The van der Waals surface area contributed by atoms with Gasteiger partial charge in [-0.25, -0.2) is 9.97 Å². The molecular formula is C10H17N3O2. The molecule has 5 heteroatoms. The lowest BCUT2D eigenvalue weighted by atomic mass is 10.3. The highest BCUT2D eigenvalue weighted by Gasteiger charge is 2.04. The predicted molar refractivity (Wildman–Crippen MR) is 57.9 cm³/mol. The van der Waals surface area contributed by atoms with Gasteiger partial charge in [0, 0.05) is 25.0 Å². The van der Waals surface area contributed by atoms with Crippen LogP contribution in [-0.4, -0.2) is 41.4 Å². The number of methoxy groups -OCH3 is 1. The molecule has 0 aliphatic carbocycles. The van der Waals surface area contributed by atoms with Crippen molar-refractivity contribution in [1.82, 2.24) is 9.97 Å². The number of hydrogen-bond acceptors (Lipinski definition) is 5. The molecular weight excluding hydrogens is 194 g/mol. The van der Waals surface area contributed by atoms with Crippen LogP contribution in [0.1, 0.15) is 11.4 Å². The van der Waals surface area contributed by atoms with Gasteiger partial charge in [0.15, 0.2) is 0 Å². The van der Waals surface area contributed by atoms with Crippen molar-refractivity contribution in [2.24, 2.45) is 0 Å². The van der Waals surface area contributed by atoms with E-state index < -0.39 is 6.10 Å². The number of nitrogens with one attached hydrogen (secondary N) is 1. The average molecular weight is 211 g/mol. The first-order valence-corrected chi connectivity index (χ1v) is 4.85. The van der Waals surface area contributed by atoms with Gasteiger partial charge in [0.2, 0.25) is 5.95 Å². The molecule has 0 amide bonds. The third-order valence-electron chi connectivity index (χ3n) is 1.84. The molecule has 84 valence electrons. The van der Waals surface area contributed by atoms with Crippen LogP contribution in [0.15, 0.2) is 6.07 Å². The van der Waals surface area contributed by atoms with Gasteiger partial charge in [-0.05, 0) is 19.9 Å². The van der Waals surface area contributed by atoms with Gasteiger partial charge in [-0.1, -0.05) is 0 Å². The third kappa shape index (κ3) is 4.22. The van der Waals surface area contributed by atoms with E-state index in [1.807, 2.05) is 19.9 Å². The number of aryl methyl sites for hydroxylation is 2. The molecule has 1 rings (SSSR count). The van der Waals surface area contributed by atoms with E-state index in [9.17, 15) is 5.11 Å². The molecule has 0 radical (unpaired) electrons. The maximum atomic E-state index is 9.41. The molecule has 0 aromatic carbocycles. The van der Waals surface area contributed by atoms with Crippen molar-refractivity contribution >= 4 is 5.95 Å². The number of aliphatic hydroxyl groups is 1. The molecule has 5 nitrogen and oxygen atoms in total. The quantitative estimate of drug-likeness (QED) is 0.743. The fraction of sp³-hybridized carbons (Fsp3) is 0.600. The smallest absolute Gasteiger partial charge is 0.223 e. The maximum Gasteiger partial charge on any atom is 0.223 e. The van der Waals surface area contributed by atoms with Crippen LogP contribution in [0.25, 0.3) is 0 Å². The van der Waals surface area contributed by atoms with E-state index in [0.29, 0.717) is 19.1 Å². The van der Waals surface area contributed by atoms with Gasteiger partial charge in [0.25, 0.3) is 0 Å². The van der Waals surface area contributed by atoms with Crippen molar-refractivity contribution in [3.63, 3.8) is 0 Å². The van der Waals surface area contributed by atoms with Gasteiger partial charge in [0.05, 0.1) is 12.7 Å². The summed E-state index contributed by atoms with van der Waals surface area (Å²) in [5.74, 6) is 0.544. The lowest BCUT2D eigenvalue weighted by Crippen LogP contribution is -2.25. The van der Waals surface area contributed by atoms with Gasteiger partial charge in [-0.2, -0.15) is 0 Å². The minimum absolute atomic E-state index is 0.303. The highest BCUT2D eigenvalue weighted by atomic mass is 16.5. The normalized spacial score (nSPS) is 12.5. The Morgan fingerprint density at radius 2 is 2.00 bits per heavy atom. The molecule has 0 aliphatic rings. The zero-order valence-electron chi connectivity index (χ0n) is 9.32. The summed E-state index contributed by atoms with van der Waals surface area (Å²) >= 11 is 0. The van der Waals surface area contributed by atoms with E-state index in [2.05, 4.69) is 15.3 Å². The SMILES string of the molecule is COCC(O)CNc1nc(C)cc(C)n1. The van der Waals surface area contributed by atoms with Gasteiger partial charge >= 0.3 is 0 Å². The molecule has 0 saturated carbocycles. The fourth-order valence-corrected chi connectivity index (χ4v) is 1.27.